The molecule has 3 aromatic rings. The number of hydrogen-bond donors (Lipinski definition) is 0. The van der Waals surface area contributed by atoms with Gasteiger partial charge < -0.3 is 0 Å². The zero-order valence-corrected chi connectivity index (χ0v) is 20.2. The minimum absolute atomic E-state index is 0.00776. The molecule has 0 spiro atoms. The Balaban J connectivity index is 2.58. The third-order valence-corrected chi connectivity index (χ3v) is 5.05. The van der Waals surface area contributed by atoms with Gasteiger partial charge in [-0.2, -0.15) is 0 Å². The van der Waals surface area contributed by atoms with Gasteiger partial charge in [0.05, 0.1) is 15.1 Å². The largest absolute Gasteiger partial charge is 0.0632 e. The molecule has 0 aliphatic carbocycles. The van der Waals surface area contributed by atoms with Gasteiger partial charge in [-0.3, -0.25) is 0 Å². The highest BCUT2D eigenvalue weighted by atomic mass is 14.2. The van der Waals surface area contributed by atoms with Gasteiger partial charge in [-0.15, -0.1) is 0 Å². The van der Waals surface area contributed by atoms with Crippen molar-refractivity contribution in [1.29, 1.82) is 0 Å². The molecule has 0 nitrogen and oxygen atoms in total. The molecule has 0 amide bonds. The minimum atomic E-state index is -0.779. The molecule has 0 radical (unpaired) electrons. The van der Waals surface area contributed by atoms with Gasteiger partial charge in [0, 0.05) is 0 Å². The highest BCUT2D eigenvalue weighted by Crippen LogP contribution is 2.33. The van der Waals surface area contributed by atoms with E-state index < -0.39 is 16.2 Å². The summed E-state index contributed by atoms with van der Waals surface area (Å²) in [4.78, 5) is 0. The average Bonchev–Trinajstić information content (AvgIpc) is 2.81. The lowest BCUT2D eigenvalue weighted by Gasteiger charge is -2.23. The number of benzene rings is 3. The second kappa shape index (κ2) is 8.30. The van der Waals surface area contributed by atoms with E-state index in [0.717, 1.165) is 0 Å². The quantitative estimate of drug-likeness (QED) is 0.394. The van der Waals surface area contributed by atoms with Gasteiger partial charge in [0.15, 0.2) is 0 Å². The normalized spacial score (nSPS) is 17.8. The zero-order valence-electron chi connectivity index (χ0n) is 31.2. The molecule has 0 saturated carbocycles. The Kier molecular flexibility index (Phi) is 3.38. The van der Waals surface area contributed by atoms with Crippen LogP contribution in [0.3, 0.4) is 0 Å². The molecule has 0 bridgehead atoms. The van der Waals surface area contributed by atoms with Crippen LogP contribution < -0.4 is 0 Å². The average molecular weight is 424 g/mol. The van der Waals surface area contributed by atoms with Gasteiger partial charge in [0.25, 0.3) is 0 Å². The van der Waals surface area contributed by atoms with E-state index in [1.54, 1.807) is 62.3 Å². The summed E-state index contributed by atoms with van der Waals surface area (Å²) in [6.07, 6.45) is -0.364. The SMILES string of the molecule is [2H]c1c([2H])c(C(C)(C)C)c([2H])c([2H])c1Cc1c([2H])c([2H])c(C(C)(C)C)c([2H])c1-c1c([2H])c([2H])c(C(C)(C)C)c([2H])c1[2H]. The van der Waals surface area contributed by atoms with Gasteiger partial charge in [-0.1, -0.05) is 129 Å². The molecule has 31 heavy (non-hydrogen) atoms. The van der Waals surface area contributed by atoms with Crippen molar-refractivity contribution in [2.75, 3.05) is 0 Å². The Morgan fingerprint density at radius 1 is 0.548 bits per heavy atom. The maximum atomic E-state index is 9.24. The molecule has 0 aliphatic rings. The van der Waals surface area contributed by atoms with Crippen LogP contribution in [0.1, 0.15) is 105 Å². The van der Waals surface area contributed by atoms with Crippen molar-refractivity contribution < 1.29 is 15.1 Å². The van der Waals surface area contributed by atoms with Crippen LogP contribution in [-0.2, 0) is 22.7 Å². The van der Waals surface area contributed by atoms with Crippen LogP contribution in [0, 0.1) is 0 Å². The maximum Gasteiger partial charge on any atom is 0.0632 e. The van der Waals surface area contributed by atoms with Crippen LogP contribution in [0.15, 0.2) is 66.5 Å². The minimum Gasteiger partial charge on any atom is -0.0584 e. The fourth-order valence-electron chi connectivity index (χ4n) is 2.94. The highest BCUT2D eigenvalue weighted by molar-refractivity contribution is 5.69. The van der Waals surface area contributed by atoms with Crippen molar-refractivity contribution in [3.8, 4) is 11.1 Å². The summed E-state index contributed by atoms with van der Waals surface area (Å²) in [5, 5.41) is 0. The first-order chi connectivity index (χ1) is 18.9. The Bertz CT molecular complexity index is 1540. The second-order valence-electron chi connectivity index (χ2n) is 11.1. The lowest BCUT2D eigenvalue weighted by Crippen LogP contribution is -2.12. The first kappa shape index (κ1) is 12.6. The topological polar surface area (TPSA) is 0 Å². The predicted molar refractivity (Wildman–Crippen MR) is 137 cm³/mol. The number of rotatable bonds is 3. The van der Waals surface area contributed by atoms with Crippen molar-refractivity contribution in [2.45, 2.75) is 85.0 Å². The molecule has 0 N–H and O–H groups in total. The molecule has 0 aromatic heterocycles. The molecule has 0 saturated heterocycles. The summed E-state index contributed by atoms with van der Waals surface area (Å²) in [6.45, 7) is 16.1. The third-order valence-electron chi connectivity index (χ3n) is 5.05. The summed E-state index contributed by atoms with van der Waals surface area (Å²) >= 11 is 0. The first-order valence-corrected chi connectivity index (χ1v) is 10.7. The molecule has 0 aliphatic heterocycles. The second-order valence-corrected chi connectivity index (χ2v) is 11.1. The van der Waals surface area contributed by atoms with Crippen LogP contribution in [0.25, 0.3) is 11.1 Å². The monoisotopic (exact) mass is 423 g/mol. The molecule has 0 unspecified atom stereocenters. The predicted octanol–water partition coefficient (Wildman–Crippen LogP) is 8.84. The summed E-state index contributed by atoms with van der Waals surface area (Å²) in [5.41, 5.74) is -1.79. The van der Waals surface area contributed by atoms with E-state index in [0.29, 0.717) is 0 Å². The van der Waals surface area contributed by atoms with Gasteiger partial charge in [0.2, 0.25) is 0 Å². The first-order valence-electron chi connectivity index (χ1n) is 16.2. The van der Waals surface area contributed by atoms with Crippen LogP contribution in [0.2, 0.25) is 0 Å². The summed E-state index contributed by atoms with van der Waals surface area (Å²) in [5.74, 6) is 0. The van der Waals surface area contributed by atoms with Gasteiger partial charge in [-0.05, 0) is 61.6 Å². The van der Waals surface area contributed by atoms with E-state index in [-0.39, 0.29) is 112 Å². The highest BCUT2D eigenvalue weighted by Gasteiger charge is 2.18. The molecular formula is C31H40. The van der Waals surface area contributed by atoms with Crippen LogP contribution in [0.5, 0.6) is 0 Å². The molecular weight excluding hydrogens is 372 g/mol. The van der Waals surface area contributed by atoms with Gasteiger partial charge >= 0.3 is 0 Å². The molecule has 0 heteroatoms. The molecule has 3 aromatic carbocycles. The maximum absolute atomic E-state index is 9.24. The van der Waals surface area contributed by atoms with Crippen molar-refractivity contribution in [3.63, 3.8) is 0 Å². The summed E-state index contributed by atoms with van der Waals surface area (Å²) < 4.78 is 97.4. The zero-order chi connectivity index (χ0) is 32.6. The van der Waals surface area contributed by atoms with E-state index in [9.17, 15) is 1.37 Å². The van der Waals surface area contributed by atoms with E-state index >= 15 is 0 Å². The molecule has 0 fully saturated rings. The van der Waals surface area contributed by atoms with Crippen molar-refractivity contribution in [2.24, 2.45) is 0 Å². The molecule has 0 heterocycles. The lowest BCUT2D eigenvalue weighted by molar-refractivity contribution is 0.590. The van der Waals surface area contributed by atoms with Crippen molar-refractivity contribution in [1.82, 2.24) is 0 Å². The van der Waals surface area contributed by atoms with Crippen molar-refractivity contribution in [3.05, 3.63) is 94.3 Å². The third kappa shape index (κ3) is 5.67. The fourth-order valence-corrected chi connectivity index (χ4v) is 2.94. The number of hydrogen-bond acceptors (Lipinski definition) is 0. The lowest BCUT2D eigenvalue weighted by atomic mass is 9.82. The Hall–Kier alpha value is -2.34. The summed E-state index contributed by atoms with van der Waals surface area (Å²) in [6, 6.07) is -3.09. The Morgan fingerprint density at radius 3 is 1.42 bits per heavy atom. The van der Waals surface area contributed by atoms with Gasteiger partial charge in [0.1, 0.15) is 0 Å². The van der Waals surface area contributed by atoms with Crippen LogP contribution in [-0.4, -0.2) is 0 Å². The molecule has 0 atom stereocenters. The molecule has 3 rings (SSSR count). The van der Waals surface area contributed by atoms with E-state index in [1.807, 2.05) is 0 Å². The van der Waals surface area contributed by atoms with Gasteiger partial charge in [-0.25, -0.2) is 0 Å². The van der Waals surface area contributed by atoms with E-state index in [4.69, 9.17) is 13.7 Å². The Labute approximate surface area is 206 Å². The van der Waals surface area contributed by atoms with Crippen LogP contribution >= 0.6 is 0 Å². The summed E-state index contributed by atoms with van der Waals surface area (Å²) in [7, 11) is 0. The smallest absolute Gasteiger partial charge is 0.0584 e. The fraction of sp³-hybridized carbons (Fsp3) is 0.419. The van der Waals surface area contributed by atoms with Crippen LogP contribution in [0.4, 0.5) is 0 Å². The Morgan fingerprint density at radius 2 is 0.968 bits per heavy atom. The van der Waals surface area contributed by atoms with E-state index in [2.05, 4.69) is 0 Å². The van der Waals surface area contributed by atoms with Crippen molar-refractivity contribution >= 4 is 0 Å². The molecule has 164 valence electrons. The van der Waals surface area contributed by atoms with E-state index in [1.165, 1.54) is 0 Å². The standard InChI is InChI=1S/C31H40/c1-29(2,3)25-15-10-22(11-16-25)20-24-14-19-27(31(7,8)9)21-28(24)23-12-17-26(18-13-23)30(4,5)6/h10-19,21H,20H2,1-9H3/i10D,11D,12D,13D,14D,15D,16D,17D,18D,19D,21D.